The van der Waals surface area contributed by atoms with E-state index in [0.717, 1.165) is 0 Å². The molecule has 0 heterocycles. The predicted octanol–water partition coefficient (Wildman–Crippen LogP) is 2.13. The van der Waals surface area contributed by atoms with Crippen LogP contribution in [0.25, 0.3) is 0 Å². The molecule has 0 rings (SSSR count). The van der Waals surface area contributed by atoms with E-state index in [1.807, 2.05) is 0 Å². The first-order chi connectivity index (χ1) is 5.35. The van der Waals surface area contributed by atoms with E-state index < -0.39 is 5.60 Å². The molecule has 0 aromatic heterocycles. The van der Waals surface area contributed by atoms with E-state index in [0.29, 0.717) is 0 Å². The van der Waals surface area contributed by atoms with Gasteiger partial charge < -0.3 is 10.0 Å². The first-order valence-corrected chi connectivity index (χ1v) is 4.79. The van der Waals surface area contributed by atoms with Crippen LogP contribution in [0.2, 0.25) is 0 Å². The quantitative estimate of drug-likeness (QED) is 0.710. The summed E-state index contributed by atoms with van der Waals surface area (Å²) in [5.74, 6) is 0. The summed E-state index contributed by atoms with van der Waals surface area (Å²) in [4.78, 5) is 2.38. The third-order valence-corrected chi connectivity index (χ3v) is 1.34. The van der Waals surface area contributed by atoms with Crippen molar-refractivity contribution in [3.8, 4) is 0 Å². The molecule has 0 saturated heterocycles. The third-order valence-electron chi connectivity index (χ3n) is 1.34. The molecule has 0 bridgehead atoms. The highest BCUT2D eigenvalue weighted by molar-refractivity contribution is 4.50. The van der Waals surface area contributed by atoms with Gasteiger partial charge in [0, 0.05) is 0 Å². The largest absolute Gasteiger partial charge is 0.391 e. The van der Waals surface area contributed by atoms with Crippen LogP contribution in [0.3, 0.4) is 0 Å². The molecule has 0 spiro atoms. The van der Waals surface area contributed by atoms with E-state index in [-0.39, 0.29) is 0 Å². The van der Waals surface area contributed by atoms with E-state index in [1.54, 1.807) is 20.8 Å². The maximum absolute atomic E-state index is 8.52. The van der Waals surface area contributed by atoms with Crippen molar-refractivity contribution >= 4 is 0 Å². The molecule has 12 heavy (non-hydrogen) atoms. The predicted molar refractivity (Wildman–Crippen MR) is 55.4 cm³/mol. The first kappa shape index (κ1) is 14.4. The molecule has 0 aliphatic rings. The highest BCUT2D eigenvalue weighted by Crippen LogP contribution is 1.93. The van der Waals surface area contributed by atoms with Crippen molar-refractivity contribution in [1.82, 2.24) is 4.90 Å². The maximum Gasteiger partial charge on any atom is 0.0563 e. The highest BCUT2D eigenvalue weighted by Gasteiger charge is 1.97. The molecule has 0 aliphatic heterocycles. The molecule has 0 saturated carbocycles. The fraction of sp³-hybridized carbons (Fsp3) is 1.00. The molecule has 0 fully saturated rings. The molecule has 76 valence electrons. The third kappa shape index (κ3) is 22.5. The maximum atomic E-state index is 8.52. The second kappa shape index (κ2) is 7.56. The summed E-state index contributed by atoms with van der Waals surface area (Å²) in [5.41, 5.74) is -0.500. The lowest BCUT2D eigenvalue weighted by Gasteiger charge is -2.13. The molecule has 0 radical (unpaired) electrons. The van der Waals surface area contributed by atoms with Gasteiger partial charge in [-0.15, -0.1) is 0 Å². The van der Waals surface area contributed by atoms with Gasteiger partial charge in [0.05, 0.1) is 5.60 Å². The Morgan fingerprint density at radius 3 is 1.08 bits per heavy atom. The molecular weight excluding hydrogens is 150 g/mol. The Morgan fingerprint density at radius 2 is 1.08 bits per heavy atom. The Balaban J connectivity index is 0. The molecule has 0 amide bonds. The number of hydrogen-bond donors (Lipinski definition) is 1. The zero-order chi connectivity index (χ0) is 10.2. The lowest BCUT2D eigenvalue weighted by atomic mass is 10.2. The molecule has 0 aromatic rings. The molecule has 1 N–H and O–H groups in total. The van der Waals surface area contributed by atoms with Crippen molar-refractivity contribution in [2.75, 3.05) is 19.6 Å². The fourth-order valence-corrected chi connectivity index (χ4v) is 0.671. The van der Waals surface area contributed by atoms with Gasteiger partial charge in [-0.05, 0) is 40.4 Å². The van der Waals surface area contributed by atoms with E-state index in [2.05, 4.69) is 25.7 Å². The number of aliphatic hydroxyl groups is 1. The van der Waals surface area contributed by atoms with Gasteiger partial charge in [-0.2, -0.15) is 0 Å². The van der Waals surface area contributed by atoms with Crippen molar-refractivity contribution in [1.29, 1.82) is 0 Å². The van der Waals surface area contributed by atoms with Crippen molar-refractivity contribution in [2.24, 2.45) is 0 Å². The van der Waals surface area contributed by atoms with Gasteiger partial charge in [0.1, 0.15) is 0 Å². The van der Waals surface area contributed by atoms with E-state index in [1.165, 1.54) is 19.6 Å². The topological polar surface area (TPSA) is 23.5 Å². The molecule has 0 unspecified atom stereocenters. The van der Waals surface area contributed by atoms with Crippen LogP contribution in [0.5, 0.6) is 0 Å². The number of rotatable bonds is 3. The summed E-state index contributed by atoms with van der Waals surface area (Å²) in [6, 6.07) is 0. The van der Waals surface area contributed by atoms with Crippen LogP contribution in [0, 0.1) is 0 Å². The van der Waals surface area contributed by atoms with Gasteiger partial charge in [0.2, 0.25) is 0 Å². The summed E-state index contributed by atoms with van der Waals surface area (Å²) in [6.07, 6.45) is 0. The van der Waals surface area contributed by atoms with Crippen LogP contribution in [0.1, 0.15) is 41.5 Å². The van der Waals surface area contributed by atoms with E-state index >= 15 is 0 Å². The zero-order valence-electron chi connectivity index (χ0n) is 9.52. The van der Waals surface area contributed by atoms with Crippen molar-refractivity contribution < 1.29 is 5.11 Å². The van der Waals surface area contributed by atoms with Gasteiger partial charge in [-0.3, -0.25) is 0 Å². The van der Waals surface area contributed by atoms with Gasteiger partial charge >= 0.3 is 0 Å². The average Bonchev–Trinajstić information content (AvgIpc) is 1.88. The average molecular weight is 175 g/mol. The smallest absolute Gasteiger partial charge is 0.0563 e. The molecule has 0 aliphatic carbocycles. The van der Waals surface area contributed by atoms with Crippen LogP contribution in [0.4, 0.5) is 0 Å². The normalized spacial score (nSPS) is 11.0. The van der Waals surface area contributed by atoms with Crippen molar-refractivity contribution in [3.63, 3.8) is 0 Å². The van der Waals surface area contributed by atoms with Gasteiger partial charge in [-0.1, -0.05) is 20.8 Å². The summed E-state index contributed by atoms with van der Waals surface area (Å²) in [5, 5.41) is 8.52. The summed E-state index contributed by atoms with van der Waals surface area (Å²) in [7, 11) is 0. The van der Waals surface area contributed by atoms with Crippen LogP contribution in [-0.4, -0.2) is 35.2 Å². The summed E-state index contributed by atoms with van der Waals surface area (Å²) >= 11 is 0. The lowest BCUT2D eigenvalue weighted by molar-refractivity contribution is 0.102. The first-order valence-electron chi connectivity index (χ1n) is 4.79. The Hall–Kier alpha value is -0.0800. The number of hydrogen-bond acceptors (Lipinski definition) is 2. The monoisotopic (exact) mass is 175 g/mol. The minimum atomic E-state index is -0.500. The summed E-state index contributed by atoms with van der Waals surface area (Å²) in [6.45, 7) is 15.4. The van der Waals surface area contributed by atoms with Gasteiger partial charge in [0.15, 0.2) is 0 Å². The zero-order valence-corrected chi connectivity index (χ0v) is 9.52. The van der Waals surface area contributed by atoms with Crippen molar-refractivity contribution in [2.45, 2.75) is 47.1 Å². The van der Waals surface area contributed by atoms with Gasteiger partial charge in [-0.25, -0.2) is 0 Å². The molecule has 0 aromatic carbocycles. The van der Waals surface area contributed by atoms with Crippen molar-refractivity contribution in [3.05, 3.63) is 0 Å². The minimum absolute atomic E-state index is 0.500. The van der Waals surface area contributed by atoms with E-state index in [4.69, 9.17) is 5.11 Å². The lowest BCUT2D eigenvalue weighted by Crippen LogP contribution is -2.21. The number of nitrogens with zero attached hydrogens (tertiary/aromatic N) is 1. The van der Waals surface area contributed by atoms with Crippen LogP contribution >= 0.6 is 0 Å². The van der Waals surface area contributed by atoms with Crippen LogP contribution in [0.15, 0.2) is 0 Å². The van der Waals surface area contributed by atoms with E-state index in [9.17, 15) is 0 Å². The van der Waals surface area contributed by atoms with Gasteiger partial charge in [0.25, 0.3) is 0 Å². The summed E-state index contributed by atoms with van der Waals surface area (Å²) < 4.78 is 0. The van der Waals surface area contributed by atoms with Crippen LogP contribution in [-0.2, 0) is 0 Å². The molecular formula is C10H25NO. The minimum Gasteiger partial charge on any atom is -0.391 e. The molecule has 2 heteroatoms. The highest BCUT2D eigenvalue weighted by atomic mass is 16.3. The Morgan fingerprint density at radius 1 is 0.917 bits per heavy atom. The second-order valence-electron chi connectivity index (χ2n) is 3.79. The van der Waals surface area contributed by atoms with Crippen LogP contribution < -0.4 is 0 Å². The fourth-order valence-electron chi connectivity index (χ4n) is 0.671. The Kier molecular flexibility index (Phi) is 9.10. The Bertz CT molecular complexity index is 70.8. The second-order valence-corrected chi connectivity index (χ2v) is 3.79. The standard InChI is InChI=1S/C6H15N.C4H10O/c1-4-7(5-2)6-3;1-4(2,3)5/h4-6H2,1-3H3;5H,1-3H3. The molecule has 0 atom stereocenters. The SMILES string of the molecule is CC(C)(C)O.CCN(CC)CC. The Labute approximate surface area is 77.6 Å². The molecule has 2 nitrogen and oxygen atoms in total.